The standard InChI is InChI=1S/C15H13ClN2OS2/c1-8(10-6-3-7-20-10)18-15(19)14-13(17)12-9(16)4-2-5-11(12)21-14/h2-8H,17H2,1H3,(H,18,19). The van der Waals surface area contributed by atoms with Crippen molar-refractivity contribution in [3.05, 3.63) is 50.5 Å². The van der Waals surface area contributed by atoms with Gasteiger partial charge in [0.05, 0.1) is 16.8 Å². The summed E-state index contributed by atoms with van der Waals surface area (Å²) in [4.78, 5) is 14.1. The second kappa shape index (κ2) is 5.67. The maximum atomic E-state index is 12.4. The molecule has 108 valence electrons. The van der Waals surface area contributed by atoms with Gasteiger partial charge in [0.1, 0.15) is 4.88 Å². The molecular formula is C15H13ClN2OS2. The molecule has 0 fully saturated rings. The zero-order chi connectivity index (χ0) is 15.0. The Morgan fingerprint density at radius 2 is 2.14 bits per heavy atom. The average molecular weight is 337 g/mol. The molecule has 2 heterocycles. The second-order valence-corrected chi connectivity index (χ2v) is 7.11. The second-order valence-electron chi connectivity index (χ2n) is 4.67. The van der Waals surface area contributed by atoms with Crippen LogP contribution in [0, 0.1) is 0 Å². The number of benzene rings is 1. The molecular weight excluding hydrogens is 324 g/mol. The van der Waals surface area contributed by atoms with Gasteiger partial charge < -0.3 is 11.1 Å². The number of hydrogen-bond donors (Lipinski definition) is 2. The number of nitrogen functional groups attached to an aromatic ring is 1. The first-order valence-corrected chi connectivity index (χ1v) is 8.46. The van der Waals surface area contributed by atoms with Crippen LogP contribution >= 0.6 is 34.3 Å². The highest BCUT2D eigenvalue weighted by Gasteiger charge is 2.20. The predicted molar refractivity (Wildman–Crippen MR) is 91.4 cm³/mol. The van der Waals surface area contributed by atoms with E-state index < -0.39 is 0 Å². The molecule has 1 amide bonds. The van der Waals surface area contributed by atoms with Crippen LogP contribution in [0.25, 0.3) is 10.1 Å². The Labute approximate surface area is 135 Å². The Morgan fingerprint density at radius 1 is 1.33 bits per heavy atom. The van der Waals surface area contributed by atoms with Gasteiger partial charge in [0.15, 0.2) is 0 Å². The van der Waals surface area contributed by atoms with E-state index in [2.05, 4.69) is 5.32 Å². The lowest BCUT2D eigenvalue weighted by Gasteiger charge is -2.11. The number of nitrogens with one attached hydrogen (secondary N) is 1. The number of hydrogen-bond acceptors (Lipinski definition) is 4. The number of carbonyl (C=O) groups excluding carboxylic acids is 1. The van der Waals surface area contributed by atoms with Gasteiger partial charge >= 0.3 is 0 Å². The largest absolute Gasteiger partial charge is 0.397 e. The van der Waals surface area contributed by atoms with E-state index in [9.17, 15) is 4.79 Å². The van der Waals surface area contributed by atoms with Crippen molar-refractivity contribution in [1.82, 2.24) is 5.32 Å². The molecule has 1 unspecified atom stereocenters. The molecule has 1 atom stereocenters. The number of nitrogens with two attached hydrogens (primary N) is 1. The minimum atomic E-state index is -0.161. The number of halogens is 1. The third kappa shape index (κ3) is 2.64. The SMILES string of the molecule is CC(NC(=O)c1sc2cccc(Cl)c2c1N)c1cccs1. The summed E-state index contributed by atoms with van der Waals surface area (Å²) in [6.45, 7) is 1.96. The van der Waals surface area contributed by atoms with Crippen LogP contribution in [0.5, 0.6) is 0 Å². The van der Waals surface area contributed by atoms with Crippen molar-refractivity contribution in [2.24, 2.45) is 0 Å². The predicted octanol–water partition coefficient (Wildman–Crippen LogP) is 4.69. The Kier molecular flexibility index (Phi) is 3.89. The molecule has 21 heavy (non-hydrogen) atoms. The fraction of sp³-hybridized carbons (Fsp3) is 0.133. The van der Waals surface area contributed by atoms with Crippen LogP contribution in [0.4, 0.5) is 5.69 Å². The minimum Gasteiger partial charge on any atom is -0.397 e. The Balaban J connectivity index is 1.92. The van der Waals surface area contributed by atoms with Crippen LogP contribution in [-0.2, 0) is 0 Å². The number of fused-ring (bicyclic) bond motifs is 1. The molecule has 2 aromatic heterocycles. The van der Waals surface area contributed by atoms with E-state index in [0.717, 1.165) is 15.0 Å². The minimum absolute atomic E-state index is 0.0439. The van der Waals surface area contributed by atoms with Gasteiger partial charge in [-0.25, -0.2) is 0 Å². The van der Waals surface area contributed by atoms with E-state index >= 15 is 0 Å². The summed E-state index contributed by atoms with van der Waals surface area (Å²) in [6, 6.07) is 9.48. The van der Waals surface area contributed by atoms with Gasteiger partial charge in [0.25, 0.3) is 5.91 Å². The molecule has 0 radical (unpaired) electrons. The zero-order valence-electron chi connectivity index (χ0n) is 11.2. The lowest BCUT2D eigenvalue weighted by molar-refractivity contribution is 0.0945. The molecule has 0 aliphatic carbocycles. The van der Waals surface area contributed by atoms with Crippen LogP contribution in [0.2, 0.25) is 5.02 Å². The van der Waals surface area contributed by atoms with E-state index in [0.29, 0.717) is 15.6 Å². The molecule has 0 saturated heterocycles. The lowest BCUT2D eigenvalue weighted by atomic mass is 10.2. The van der Waals surface area contributed by atoms with E-state index in [1.54, 1.807) is 17.4 Å². The van der Waals surface area contributed by atoms with Crippen LogP contribution < -0.4 is 11.1 Å². The van der Waals surface area contributed by atoms with Crippen molar-refractivity contribution in [2.45, 2.75) is 13.0 Å². The van der Waals surface area contributed by atoms with Crippen molar-refractivity contribution in [3.8, 4) is 0 Å². The summed E-state index contributed by atoms with van der Waals surface area (Å²) in [5.41, 5.74) is 6.56. The van der Waals surface area contributed by atoms with Crippen LogP contribution in [0.3, 0.4) is 0 Å². The van der Waals surface area contributed by atoms with Gasteiger partial charge in [-0.15, -0.1) is 22.7 Å². The first-order chi connectivity index (χ1) is 10.1. The fourth-order valence-corrected chi connectivity index (χ4v) is 4.29. The quantitative estimate of drug-likeness (QED) is 0.729. The molecule has 6 heteroatoms. The van der Waals surface area contributed by atoms with Gasteiger partial charge in [0, 0.05) is 15.0 Å². The molecule has 3 nitrogen and oxygen atoms in total. The number of anilines is 1. The highest BCUT2D eigenvalue weighted by atomic mass is 35.5. The Hall–Kier alpha value is -1.56. The van der Waals surface area contributed by atoms with Gasteiger partial charge in [-0.1, -0.05) is 23.7 Å². The molecule has 0 aliphatic heterocycles. The number of thiophene rings is 2. The molecule has 0 spiro atoms. The van der Waals surface area contributed by atoms with Crippen molar-refractivity contribution in [3.63, 3.8) is 0 Å². The van der Waals surface area contributed by atoms with Crippen molar-refractivity contribution < 1.29 is 4.79 Å². The maximum Gasteiger partial charge on any atom is 0.264 e. The highest BCUT2D eigenvalue weighted by Crippen LogP contribution is 2.38. The summed E-state index contributed by atoms with van der Waals surface area (Å²) in [7, 11) is 0. The molecule has 0 saturated carbocycles. The van der Waals surface area contributed by atoms with Crippen molar-refractivity contribution in [2.75, 3.05) is 5.73 Å². The summed E-state index contributed by atoms with van der Waals surface area (Å²) in [5.74, 6) is -0.161. The van der Waals surface area contributed by atoms with E-state index in [1.807, 2.05) is 36.6 Å². The first kappa shape index (κ1) is 14.4. The highest BCUT2D eigenvalue weighted by molar-refractivity contribution is 7.21. The number of rotatable bonds is 3. The Morgan fingerprint density at radius 3 is 2.81 bits per heavy atom. The molecule has 0 aliphatic rings. The smallest absolute Gasteiger partial charge is 0.264 e. The average Bonchev–Trinajstić information content (AvgIpc) is 3.07. The lowest BCUT2D eigenvalue weighted by Crippen LogP contribution is -2.25. The third-order valence-corrected chi connectivity index (χ3v) is 5.76. The summed E-state index contributed by atoms with van der Waals surface area (Å²) < 4.78 is 0.925. The number of amides is 1. The normalized spacial score (nSPS) is 12.5. The van der Waals surface area contributed by atoms with Crippen LogP contribution in [0.15, 0.2) is 35.7 Å². The van der Waals surface area contributed by atoms with Gasteiger partial charge in [-0.2, -0.15) is 0 Å². The Bertz CT molecular complexity index is 795. The van der Waals surface area contributed by atoms with Crippen LogP contribution in [0.1, 0.15) is 27.5 Å². The summed E-state index contributed by atoms with van der Waals surface area (Å²) in [5, 5.41) is 6.31. The zero-order valence-corrected chi connectivity index (χ0v) is 13.6. The van der Waals surface area contributed by atoms with Gasteiger partial charge in [-0.3, -0.25) is 4.79 Å². The molecule has 0 bridgehead atoms. The van der Waals surface area contributed by atoms with Crippen molar-refractivity contribution >= 4 is 56.0 Å². The van der Waals surface area contributed by atoms with Gasteiger partial charge in [0.2, 0.25) is 0 Å². The van der Waals surface area contributed by atoms with E-state index in [4.69, 9.17) is 17.3 Å². The van der Waals surface area contributed by atoms with Crippen molar-refractivity contribution in [1.29, 1.82) is 0 Å². The molecule has 3 rings (SSSR count). The summed E-state index contributed by atoms with van der Waals surface area (Å²) >= 11 is 9.15. The first-order valence-electron chi connectivity index (χ1n) is 6.38. The molecule has 3 aromatic rings. The van der Waals surface area contributed by atoms with Gasteiger partial charge in [-0.05, 0) is 30.5 Å². The number of carbonyl (C=O) groups is 1. The topological polar surface area (TPSA) is 55.1 Å². The molecule has 3 N–H and O–H groups in total. The maximum absolute atomic E-state index is 12.4. The van der Waals surface area contributed by atoms with E-state index in [1.165, 1.54) is 11.3 Å². The molecule has 1 aromatic carbocycles. The van der Waals surface area contributed by atoms with Crippen LogP contribution in [-0.4, -0.2) is 5.91 Å². The van der Waals surface area contributed by atoms with E-state index in [-0.39, 0.29) is 11.9 Å². The summed E-state index contributed by atoms with van der Waals surface area (Å²) in [6.07, 6.45) is 0. The monoisotopic (exact) mass is 336 g/mol. The fourth-order valence-electron chi connectivity index (χ4n) is 2.17. The third-order valence-electron chi connectivity index (χ3n) is 3.23.